The van der Waals surface area contributed by atoms with Gasteiger partial charge in [-0.2, -0.15) is 4.37 Å². The third-order valence-electron chi connectivity index (χ3n) is 2.37. The first-order chi connectivity index (χ1) is 8.78. The van der Waals surface area contributed by atoms with Crippen molar-refractivity contribution in [2.24, 2.45) is 0 Å². The summed E-state index contributed by atoms with van der Waals surface area (Å²) in [6, 6.07) is 3.68. The van der Waals surface area contributed by atoms with E-state index in [1.54, 1.807) is 6.07 Å². The summed E-state index contributed by atoms with van der Waals surface area (Å²) in [6.45, 7) is 2.03. The van der Waals surface area contributed by atoms with Gasteiger partial charge in [0.25, 0.3) is 0 Å². The highest BCUT2D eigenvalue weighted by molar-refractivity contribution is 8.01. The third kappa shape index (κ3) is 1.93. The van der Waals surface area contributed by atoms with Crippen LogP contribution in [0, 0.1) is 0 Å². The second-order valence-corrected chi connectivity index (χ2v) is 5.59. The molecule has 0 saturated carbocycles. The number of aryl methyl sites for hydroxylation is 1. The Balaban J connectivity index is 1.99. The molecule has 3 aromatic rings. The van der Waals surface area contributed by atoms with Crippen molar-refractivity contribution in [1.82, 2.24) is 19.7 Å². The Morgan fingerprint density at radius 3 is 2.94 bits per heavy atom. The fourth-order valence-electron chi connectivity index (χ4n) is 1.46. The van der Waals surface area contributed by atoms with Crippen molar-refractivity contribution < 1.29 is 4.63 Å². The summed E-state index contributed by atoms with van der Waals surface area (Å²) in [5, 5.41) is 7.66. The third-order valence-corrected chi connectivity index (χ3v) is 4.21. The summed E-state index contributed by atoms with van der Waals surface area (Å²) in [4.78, 5) is 5.31. The monoisotopic (exact) mass is 279 g/mol. The molecule has 0 aliphatic heterocycles. The van der Waals surface area contributed by atoms with Gasteiger partial charge in [0.15, 0.2) is 15.4 Å². The number of hydrogen-bond donors (Lipinski definition) is 1. The van der Waals surface area contributed by atoms with Gasteiger partial charge in [-0.15, -0.1) is 0 Å². The van der Waals surface area contributed by atoms with Gasteiger partial charge in [-0.25, -0.2) is 9.61 Å². The minimum Gasteiger partial charge on any atom is -0.397 e. The Labute approximate surface area is 111 Å². The van der Waals surface area contributed by atoms with Gasteiger partial charge in [0.2, 0.25) is 0 Å². The zero-order valence-corrected chi connectivity index (χ0v) is 11.1. The van der Waals surface area contributed by atoms with Crippen molar-refractivity contribution in [3.63, 3.8) is 0 Å². The van der Waals surface area contributed by atoms with E-state index in [0.717, 1.165) is 21.5 Å². The minimum atomic E-state index is 0.558. The molecule has 2 N–H and O–H groups in total. The largest absolute Gasteiger partial charge is 0.397 e. The van der Waals surface area contributed by atoms with Gasteiger partial charge in [-0.3, -0.25) is 0 Å². The van der Waals surface area contributed by atoms with Crippen LogP contribution in [-0.2, 0) is 6.42 Å². The van der Waals surface area contributed by atoms with E-state index in [2.05, 4.69) is 19.7 Å². The van der Waals surface area contributed by atoms with Crippen LogP contribution in [0.3, 0.4) is 0 Å². The molecule has 3 rings (SSSR count). The first-order valence-electron chi connectivity index (χ1n) is 5.29. The Hall–Kier alpha value is -1.67. The maximum absolute atomic E-state index is 5.79. The number of nitrogens with two attached hydrogens (primary N) is 1. The summed E-state index contributed by atoms with van der Waals surface area (Å²) in [7, 11) is 0. The van der Waals surface area contributed by atoms with Crippen LogP contribution in [0.15, 0.2) is 26.0 Å². The molecule has 0 spiro atoms. The molecule has 0 saturated heterocycles. The number of benzene rings is 1. The lowest BCUT2D eigenvalue weighted by Crippen LogP contribution is -1.87. The van der Waals surface area contributed by atoms with Gasteiger partial charge >= 0.3 is 0 Å². The van der Waals surface area contributed by atoms with Crippen LogP contribution in [0.1, 0.15) is 12.7 Å². The van der Waals surface area contributed by atoms with Crippen molar-refractivity contribution in [3.05, 3.63) is 18.0 Å². The van der Waals surface area contributed by atoms with Gasteiger partial charge in [0.1, 0.15) is 5.82 Å². The summed E-state index contributed by atoms with van der Waals surface area (Å²) < 4.78 is 9.84. The standard InChI is InChI=1S/C10H9N5OS2/c1-2-7-12-10(18-15-7)17-6-4-3-5(11)8-9(6)14-16-13-8/h3-4H,2,11H2,1H3. The first-order valence-corrected chi connectivity index (χ1v) is 6.88. The molecular weight excluding hydrogens is 270 g/mol. The van der Waals surface area contributed by atoms with Crippen LogP contribution in [-0.4, -0.2) is 19.7 Å². The van der Waals surface area contributed by atoms with Crippen molar-refractivity contribution in [3.8, 4) is 0 Å². The number of aromatic nitrogens is 4. The van der Waals surface area contributed by atoms with Crippen LogP contribution in [0.25, 0.3) is 11.0 Å². The molecule has 18 heavy (non-hydrogen) atoms. The lowest BCUT2D eigenvalue weighted by Gasteiger charge is -1.98. The summed E-state index contributed by atoms with van der Waals surface area (Å²) in [5.74, 6) is 0.854. The molecule has 0 amide bonds. The number of rotatable bonds is 3. The average molecular weight is 279 g/mol. The normalized spacial score (nSPS) is 11.2. The predicted molar refractivity (Wildman–Crippen MR) is 69.6 cm³/mol. The summed E-state index contributed by atoms with van der Waals surface area (Å²) in [5.41, 5.74) is 7.59. The SMILES string of the molecule is CCc1nsc(Sc2ccc(N)c3nonc23)n1. The van der Waals surface area contributed by atoms with Gasteiger partial charge in [0.05, 0.1) is 5.69 Å². The molecule has 0 radical (unpaired) electrons. The smallest absolute Gasteiger partial charge is 0.174 e. The molecule has 2 aromatic heterocycles. The van der Waals surface area contributed by atoms with E-state index in [0.29, 0.717) is 16.7 Å². The number of nitrogens with zero attached hydrogens (tertiary/aromatic N) is 4. The lowest BCUT2D eigenvalue weighted by molar-refractivity contribution is 0.315. The average Bonchev–Trinajstić information content (AvgIpc) is 3.01. The highest BCUT2D eigenvalue weighted by Crippen LogP contribution is 2.34. The lowest BCUT2D eigenvalue weighted by atomic mass is 10.3. The van der Waals surface area contributed by atoms with E-state index >= 15 is 0 Å². The Bertz CT molecular complexity index is 692. The van der Waals surface area contributed by atoms with Crippen LogP contribution in [0.2, 0.25) is 0 Å². The van der Waals surface area contributed by atoms with E-state index in [1.807, 2.05) is 13.0 Å². The molecule has 0 aliphatic carbocycles. The molecule has 0 fully saturated rings. The number of fused-ring (bicyclic) bond motifs is 1. The fraction of sp³-hybridized carbons (Fsp3) is 0.200. The zero-order chi connectivity index (χ0) is 12.5. The van der Waals surface area contributed by atoms with E-state index in [4.69, 9.17) is 10.4 Å². The molecule has 0 aliphatic rings. The van der Waals surface area contributed by atoms with E-state index in [-0.39, 0.29) is 0 Å². The Kier molecular flexibility index (Phi) is 2.88. The van der Waals surface area contributed by atoms with Crippen molar-refractivity contribution in [1.29, 1.82) is 0 Å². The summed E-state index contributed by atoms with van der Waals surface area (Å²) in [6.07, 6.45) is 0.833. The van der Waals surface area contributed by atoms with Gasteiger partial charge in [-0.1, -0.05) is 18.7 Å². The van der Waals surface area contributed by atoms with E-state index < -0.39 is 0 Å². The molecule has 1 aromatic carbocycles. The molecule has 0 unspecified atom stereocenters. The van der Waals surface area contributed by atoms with E-state index in [1.165, 1.54) is 23.3 Å². The first kappa shape index (κ1) is 11.4. The van der Waals surface area contributed by atoms with Gasteiger partial charge < -0.3 is 5.73 Å². The van der Waals surface area contributed by atoms with Gasteiger partial charge in [-0.05, 0) is 34.0 Å². The van der Waals surface area contributed by atoms with Crippen molar-refractivity contribution in [2.75, 3.05) is 5.73 Å². The number of hydrogen-bond acceptors (Lipinski definition) is 8. The highest BCUT2D eigenvalue weighted by Gasteiger charge is 2.13. The maximum Gasteiger partial charge on any atom is 0.174 e. The molecule has 0 atom stereocenters. The van der Waals surface area contributed by atoms with Crippen LogP contribution in [0.5, 0.6) is 0 Å². The Morgan fingerprint density at radius 1 is 1.33 bits per heavy atom. The Morgan fingerprint density at radius 2 is 2.17 bits per heavy atom. The van der Waals surface area contributed by atoms with Crippen molar-refractivity contribution >= 4 is 40.0 Å². The summed E-state index contributed by atoms with van der Waals surface area (Å²) >= 11 is 2.87. The molecule has 6 nitrogen and oxygen atoms in total. The second-order valence-electron chi connectivity index (χ2n) is 3.55. The minimum absolute atomic E-state index is 0.558. The maximum atomic E-state index is 5.79. The van der Waals surface area contributed by atoms with Crippen LogP contribution in [0.4, 0.5) is 5.69 Å². The topological polar surface area (TPSA) is 90.7 Å². The van der Waals surface area contributed by atoms with Crippen LogP contribution >= 0.6 is 23.3 Å². The second kappa shape index (κ2) is 4.54. The zero-order valence-electron chi connectivity index (χ0n) is 9.45. The molecule has 0 bridgehead atoms. The quantitative estimate of drug-likeness (QED) is 0.736. The van der Waals surface area contributed by atoms with Gasteiger partial charge in [0, 0.05) is 11.3 Å². The predicted octanol–water partition coefficient (Wildman–Crippen LogP) is 2.37. The molecule has 8 heteroatoms. The number of anilines is 1. The molecule has 92 valence electrons. The van der Waals surface area contributed by atoms with Crippen molar-refractivity contribution in [2.45, 2.75) is 22.6 Å². The number of nitrogen functional groups attached to an aromatic ring is 1. The van der Waals surface area contributed by atoms with Crippen LogP contribution < -0.4 is 5.73 Å². The molecule has 2 heterocycles. The van der Waals surface area contributed by atoms with E-state index in [9.17, 15) is 0 Å². The fourth-order valence-corrected chi connectivity index (χ4v) is 3.20. The highest BCUT2D eigenvalue weighted by atomic mass is 32.2. The molecular formula is C10H9N5OS2.